The van der Waals surface area contributed by atoms with Crippen LogP contribution in [0.15, 0.2) is 46.0 Å². The van der Waals surface area contributed by atoms with E-state index in [0.717, 1.165) is 4.70 Å². The van der Waals surface area contributed by atoms with Crippen molar-refractivity contribution in [1.29, 1.82) is 0 Å². The van der Waals surface area contributed by atoms with Gasteiger partial charge in [0.1, 0.15) is 23.6 Å². The fourth-order valence-electron chi connectivity index (χ4n) is 3.49. The Balaban J connectivity index is 1.84. The molecule has 2 N–H and O–H groups in total. The summed E-state index contributed by atoms with van der Waals surface area (Å²) in [6.07, 6.45) is 0. The summed E-state index contributed by atoms with van der Waals surface area (Å²) in [5.74, 6) is 0.624. The van der Waals surface area contributed by atoms with Crippen molar-refractivity contribution < 1.29 is 4.74 Å². The minimum absolute atomic E-state index is 0.0414. The average Bonchev–Trinajstić information content (AvgIpc) is 3.01. The summed E-state index contributed by atoms with van der Waals surface area (Å²) >= 11 is 1.37. The van der Waals surface area contributed by atoms with Gasteiger partial charge >= 0.3 is 0 Å². The van der Waals surface area contributed by atoms with E-state index in [9.17, 15) is 9.59 Å². The van der Waals surface area contributed by atoms with Gasteiger partial charge in [0.15, 0.2) is 0 Å². The molecular weight excluding hydrogens is 376 g/mol. The molecule has 0 saturated carbocycles. The molecule has 5 rings (SSSR count). The minimum atomic E-state index is -0.285. The lowest BCUT2D eigenvalue weighted by atomic mass is 10.1. The van der Waals surface area contributed by atoms with E-state index in [2.05, 4.69) is 15.3 Å². The van der Waals surface area contributed by atoms with E-state index in [-0.39, 0.29) is 17.2 Å². The minimum Gasteiger partial charge on any atom is -0.490 e. The van der Waals surface area contributed by atoms with Crippen LogP contribution in [0.25, 0.3) is 32.4 Å². The molecule has 0 saturated heterocycles. The predicted molar refractivity (Wildman–Crippen MR) is 110 cm³/mol. The molecule has 4 aromatic rings. The molecule has 1 atom stereocenters. The third-order valence-corrected chi connectivity index (χ3v) is 6.10. The standard InChI is InChI=1S/C20H18N4O3S/c1-11-10-27-15-7-3-6-14-17(15)23-16(19(25)22-14)12-4-2-5-13-18(12)28-24(20(13)26)9-8-21-11/h2-7,11,21H,8-10H2,1H3,(H,22,25)/t11-/m1/s1. The van der Waals surface area contributed by atoms with Crippen LogP contribution in [0, 0.1) is 0 Å². The summed E-state index contributed by atoms with van der Waals surface area (Å²) in [7, 11) is 0. The number of benzene rings is 2. The maximum absolute atomic E-state index is 12.8. The highest BCUT2D eigenvalue weighted by Crippen LogP contribution is 2.30. The first-order valence-electron chi connectivity index (χ1n) is 9.14. The SMILES string of the molecule is C[C@@H]1COc2cccc3[nH]c(=O)c(nc23)-c2cccc3c(=O)n(sc23)CCN1. The molecule has 7 nitrogen and oxygen atoms in total. The second-order valence-corrected chi connectivity index (χ2v) is 7.95. The Morgan fingerprint density at radius 2 is 2.07 bits per heavy atom. The number of ether oxygens (including phenoxy) is 1. The normalized spacial score (nSPS) is 17.1. The van der Waals surface area contributed by atoms with Crippen LogP contribution < -0.4 is 21.2 Å². The number of hydrogen-bond donors (Lipinski definition) is 2. The van der Waals surface area contributed by atoms with Crippen LogP contribution >= 0.6 is 11.5 Å². The largest absolute Gasteiger partial charge is 0.490 e. The molecule has 4 bridgehead atoms. The Morgan fingerprint density at radius 1 is 1.21 bits per heavy atom. The van der Waals surface area contributed by atoms with Crippen molar-refractivity contribution >= 4 is 32.7 Å². The van der Waals surface area contributed by atoms with Crippen LogP contribution in [0.4, 0.5) is 0 Å². The number of para-hydroxylation sites is 1. The molecule has 1 aliphatic rings. The number of hydrogen-bond acceptors (Lipinski definition) is 6. The Labute approximate surface area is 163 Å². The highest BCUT2D eigenvalue weighted by Gasteiger charge is 2.18. The van der Waals surface area contributed by atoms with Crippen LogP contribution in [-0.4, -0.2) is 33.1 Å². The zero-order valence-electron chi connectivity index (χ0n) is 15.2. The van der Waals surface area contributed by atoms with Crippen LogP contribution in [0.1, 0.15) is 6.92 Å². The second kappa shape index (κ2) is 6.57. The Kier molecular flexibility index (Phi) is 4.03. The summed E-state index contributed by atoms with van der Waals surface area (Å²) in [4.78, 5) is 33.1. The molecule has 0 fully saturated rings. The fourth-order valence-corrected chi connectivity index (χ4v) is 4.59. The first-order chi connectivity index (χ1) is 13.6. The van der Waals surface area contributed by atoms with Gasteiger partial charge in [0.2, 0.25) is 0 Å². The topological polar surface area (TPSA) is 89.0 Å². The highest BCUT2D eigenvalue weighted by atomic mass is 32.1. The van der Waals surface area contributed by atoms with Crippen molar-refractivity contribution in [3.05, 3.63) is 57.1 Å². The van der Waals surface area contributed by atoms with Gasteiger partial charge in [-0.1, -0.05) is 29.7 Å². The Hall–Kier alpha value is -2.97. The fraction of sp³-hybridized carbons (Fsp3) is 0.250. The first kappa shape index (κ1) is 17.2. The quantitative estimate of drug-likeness (QED) is 0.478. The summed E-state index contributed by atoms with van der Waals surface area (Å²) in [6, 6.07) is 11.0. The van der Waals surface area contributed by atoms with Gasteiger partial charge in [-0.2, -0.15) is 0 Å². The molecule has 0 radical (unpaired) electrons. The Morgan fingerprint density at radius 3 is 2.96 bits per heavy atom. The van der Waals surface area contributed by atoms with E-state index < -0.39 is 0 Å². The predicted octanol–water partition coefficient (Wildman–Crippen LogP) is 2.34. The summed E-state index contributed by atoms with van der Waals surface area (Å²) in [5.41, 5.74) is 1.86. The molecule has 28 heavy (non-hydrogen) atoms. The van der Waals surface area contributed by atoms with E-state index in [1.807, 2.05) is 25.1 Å². The number of fused-ring (bicyclic) bond motifs is 3. The van der Waals surface area contributed by atoms with Crippen molar-refractivity contribution in [2.75, 3.05) is 13.2 Å². The summed E-state index contributed by atoms with van der Waals surface area (Å²) < 4.78 is 8.48. The van der Waals surface area contributed by atoms with Crippen molar-refractivity contribution in [3.8, 4) is 17.0 Å². The molecule has 142 valence electrons. The third-order valence-electron chi connectivity index (χ3n) is 4.91. The third kappa shape index (κ3) is 2.73. The molecule has 2 aromatic carbocycles. The molecule has 0 amide bonds. The number of aromatic nitrogens is 3. The lowest BCUT2D eigenvalue weighted by molar-refractivity contribution is 0.275. The van der Waals surface area contributed by atoms with Gasteiger partial charge in [-0.3, -0.25) is 13.5 Å². The van der Waals surface area contributed by atoms with Crippen LogP contribution in [0.3, 0.4) is 0 Å². The second-order valence-electron chi connectivity index (χ2n) is 6.91. The zero-order chi connectivity index (χ0) is 19.3. The van der Waals surface area contributed by atoms with E-state index in [1.54, 1.807) is 22.2 Å². The lowest BCUT2D eigenvalue weighted by Gasteiger charge is -2.16. The maximum atomic E-state index is 12.8. The number of nitrogens with zero attached hydrogens (tertiary/aromatic N) is 2. The van der Waals surface area contributed by atoms with Gasteiger partial charge < -0.3 is 15.0 Å². The van der Waals surface area contributed by atoms with Crippen molar-refractivity contribution in [2.45, 2.75) is 19.5 Å². The van der Waals surface area contributed by atoms with Crippen LogP contribution in [0.2, 0.25) is 0 Å². The number of nitrogens with one attached hydrogen (secondary N) is 2. The molecule has 3 heterocycles. The summed E-state index contributed by atoms with van der Waals surface area (Å²) in [5, 5.41) is 3.99. The van der Waals surface area contributed by atoms with Crippen molar-refractivity contribution in [3.63, 3.8) is 0 Å². The number of H-pyrrole nitrogens is 1. The van der Waals surface area contributed by atoms with E-state index in [4.69, 9.17) is 4.74 Å². The summed E-state index contributed by atoms with van der Waals surface area (Å²) in [6.45, 7) is 3.70. The number of rotatable bonds is 0. The smallest absolute Gasteiger partial charge is 0.275 e. The molecular formula is C20H18N4O3S. The molecule has 1 aliphatic heterocycles. The van der Waals surface area contributed by atoms with E-state index >= 15 is 0 Å². The van der Waals surface area contributed by atoms with Gasteiger partial charge in [0.25, 0.3) is 11.1 Å². The van der Waals surface area contributed by atoms with Crippen molar-refractivity contribution in [1.82, 2.24) is 19.2 Å². The van der Waals surface area contributed by atoms with Crippen LogP contribution in [0.5, 0.6) is 5.75 Å². The average molecular weight is 394 g/mol. The Bertz CT molecular complexity index is 1320. The molecule has 0 unspecified atom stereocenters. The maximum Gasteiger partial charge on any atom is 0.275 e. The van der Waals surface area contributed by atoms with E-state index in [0.29, 0.717) is 53.1 Å². The van der Waals surface area contributed by atoms with Crippen LogP contribution in [-0.2, 0) is 6.54 Å². The number of aromatic amines is 1. The van der Waals surface area contributed by atoms with Gasteiger partial charge in [-0.15, -0.1) is 0 Å². The van der Waals surface area contributed by atoms with Gasteiger partial charge in [-0.25, -0.2) is 4.98 Å². The van der Waals surface area contributed by atoms with Gasteiger partial charge in [0, 0.05) is 24.7 Å². The van der Waals surface area contributed by atoms with Gasteiger partial charge in [-0.05, 0) is 25.1 Å². The molecule has 2 aromatic heterocycles. The zero-order valence-corrected chi connectivity index (χ0v) is 16.0. The monoisotopic (exact) mass is 394 g/mol. The molecule has 0 aliphatic carbocycles. The molecule has 8 heteroatoms. The van der Waals surface area contributed by atoms with Gasteiger partial charge in [0.05, 0.1) is 15.6 Å². The van der Waals surface area contributed by atoms with Crippen molar-refractivity contribution in [2.24, 2.45) is 0 Å². The first-order valence-corrected chi connectivity index (χ1v) is 9.91. The highest BCUT2D eigenvalue weighted by molar-refractivity contribution is 7.14. The lowest BCUT2D eigenvalue weighted by Crippen LogP contribution is -2.35. The van der Waals surface area contributed by atoms with E-state index in [1.165, 1.54) is 11.5 Å². The molecule has 0 spiro atoms.